The monoisotopic (exact) mass is 251 g/mol. The van der Waals surface area contributed by atoms with Gasteiger partial charge in [-0.25, -0.2) is 9.18 Å². The van der Waals surface area contributed by atoms with Gasteiger partial charge in [0.15, 0.2) is 0 Å². The molecule has 0 fully saturated rings. The number of aliphatic carboxylic acids is 1. The average Bonchev–Trinajstić information content (AvgIpc) is 2.57. The first-order chi connectivity index (χ1) is 8.36. The lowest BCUT2D eigenvalue weighted by atomic mass is 10.0. The highest BCUT2D eigenvalue weighted by Crippen LogP contribution is 2.35. The molecule has 94 valence electrons. The summed E-state index contributed by atoms with van der Waals surface area (Å²) < 4.78 is 13.6. The second-order valence-corrected chi connectivity index (χ2v) is 4.08. The van der Waals surface area contributed by atoms with Gasteiger partial charge in [0.2, 0.25) is 0 Å². The van der Waals surface area contributed by atoms with Gasteiger partial charge in [-0.05, 0) is 31.0 Å². The number of hydrogen-bond donors (Lipinski definition) is 1. The van der Waals surface area contributed by atoms with Crippen molar-refractivity contribution in [1.82, 2.24) is 0 Å². The van der Waals surface area contributed by atoms with Crippen LogP contribution in [0.1, 0.15) is 21.5 Å². The fourth-order valence-corrected chi connectivity index (χ4v) is 1.95. The zero-order valence-corrected chi connectivity index (χ0v) is 9.73. The molecule has 1 heterocycles. The minimum absolute atomic E-state index is 0.0481. The lowest BCUT2D eigenvalue weighted by Crippen LogP contribution is -2.41. The van der Waals surface area contributed by atoms with Gasteiger partial charge in [0, 0.05) is 0 Å². The van der Waals surface area contributed by atoms with Crippen molar-refractivity contribution in [1.29, 1.82) is 0 Å². The number of benzene rings is 1. The summed E-state index contributed by atoms with van der Waals surface area (Å²) in [4.78, 5) is 34.4. The Hall–Kier alpha value is -2.24. The maximum absolute atomic E-state index is 13.6. The summed E-state index contributed by atoms with van der Waals surface area (Å²) in [5, 5.41) is 8.65. The molecule has 6 heteroatoms. The van der Waals surface area contributed by atoms with Gasteiger partial charge in [0.1, 0.15) is 0 Å². The Morgan fingerprint density at radius 1 is 1.33 bits per heavy atom. The van der Waals surface area contributed by atoms with E-state index in [1.165, 1.54) is 6.07 Å². The highest BCUT2D eigenvalue weighted by atomic mass is 19.1. The van der Waals surface area contributed by atoms with E-state index >= 15 is 0 Å². The molecule has 1 N–H and O–H groups in total. The molecule has 1 unspecified atom stereocenters. The topological polar surface area (TPSA) is 74.7 Å². The van der Waals surface area contributed by atoms with E-state index in [1.807, 2.05) is 0 Å². The van der Waals surface area contributed by atoms with Crippen LogP contribution in [0, 0.1) is 13.8 Å². The summed E-state index contributed by atoms with van der Waals surface area (Å²) in [6.07, 6.45) is -2.55. The maximum atomic E-state index is 13.6. The lowest BCUT2D eigenvalue weighted by molar-refractivity contribution is -0.144. The lowest BCUT2D eigenvalue weighted by Gasteiger charge is -2.20. The third kappa shape index (κ3) is 1.49. The number of halogens is 1. The molecule has 5 nitrogen and oxygen atoms in total. The van der Waals surface area contributed by atoms with Gasteiger partial charge < -0.3 is 5.11 Å². The van der Waals surface area contributed by atoms with Crippen LogP contribution in [0.2, 0.25) is 0 Å². The first kappa shape index (κ1) is 12.2. The van der Waals surface area contributed by atoms with Crippen molar-refractivity contribution in [3.05, 3.63) is 28.8 Å². The number of anilines is 1. The van der Waals surface area contributed by atoms with E-state index in [9.17, 15) is 18.8 Å². The average molecular weight is 251 g/mol. The summed E-state index contributed by atoms with van der Waals surface area (Å²) in [6, 6.07) is 3.04. The Balaban J connectivity index is 2.67. The molecule has 1 aliphatic heterocycles. The third-order valence-corrected chi connectivity index (χ3v) is 3.03. The molecule has 0 saturated heterocycles. The number of rotatable bonds is 2. The molecule has 2 rings (SSSR count). The number of Topliss-reactive ketones (excluding diaryl/α,β-unsaturated/α-hetero) is 1. The standard InChI is InChI=1S/C12H10FNO4/c1-5-3-4-7-8(6(5)2)14(10(13)12(17)18)11(16)9(7)15/h3-4,10H,1-2H3,(H,17,18). The molecule has 0 bridgehead atoms. The van der Waals surface area contributed by atoms with Crippen molar-refractivity contribution in [2.75, 3.05) is 4.90 Å². The number of carbonyl (C=O) groups excluding carboxylic acids is 2. The van der Waals surface area contributed by atoms with Crippen LogP contribution in [0.4, 0.5) is 10.1 Å². The highest BCUT2D eigenvalue weighted by molar-refractivity contribution is 6.53. The Morgan fingerprint density at radius 3 is 2.50 bits per heavy atom. The molecule has 0 aromatic heterocycles. The number of carboxylic acid groups (broad SMARTS) is 1. The molecule has 18 heavy (non-hydrogen) atoms. The zero-order valence-electron chi connectivity index (χ0n) is 9.73. The molecule has 0 spiro atoms. The van der Waals surface area contributed by atoms with Crippen molar-refractivity contribution in [2.24, 2.45) is 0 Å². The fraction of sp³-hybridized carbons (Fsp3) is 0.250. The maximum Gasteiger partial charge on any atom is 0.360 e. The smallest absolute Gasteiger partial charge is 0.360 e. The quantitative estimate of drug-likeness (QED) is 0.633. The van der Waals surface area contributed by atoms with Crippen LogP contribution in [0.25, 0.3) is 0 Å². The predicted molar refractivity (Wildman–Crippen MR) is 60.3 cm³/mol. The van der Waals surface area contributed by atoms with Gasteiger partial charge in [-0.2, -0.15) is 0 Å². The van der Waals surface area contributed by atoms with Crippen LogP contribution in [0.15, 0.2) is 12.1 Å². The van der Waals surface area contributed by atoms with Crippen LogP contribution >= 0.6 is 0 Å². The van der Waals surface area contributed by atoms with Crippen LogP contribution in [-0.2, 0) is 9.59 Å². The molecule has 1 aromatic carbocycles. The second kappa shape index (κ2) is 3.90. The van der Waals surface area contributed by atoms with Gasteiger partial charge in [-0.15, -0.1) is 0 Å². The van der Waals surface area contributed by atoms with E-state index in [2.05, 4.69) is 0 Å². The van der Waals surface area contributed by atoms with E-state index in [0.717, 1.165) is 5.56 Å². The Morgan fingerprint density at radius 2 is 1.94 bits per heavy atom. The van der Waals surface area contributed by atoms with Crippen molar-refractivity contribution in [2.45, 2.75) is 20.1 Å². The molecular weight excluding hydrogens is 241 g/mol. The van der Waals surface area contributed by atoms with Crippen molar-refractivity contribution in [3.8, 4) is 0 Å². The SMILES string of the molecule is Cc1ccc2c(c1C)N(C(F)C(=O)O)C(=O)C2=O. The van der Waals surface area contributed by atoms with Crippen molar-refractivity contribution in [3.63, 3.8) is 0 Å². The Labute approximate surface area is 102 Å². The van der Waals surface area contributed by atoms with Crippen LogP contribution in [-0.4, -0.2) is 29.1 Å². The summed E-state index contributed by atoms with van der Waals surface area (Å²) in [6.45, 7) is 3.34. The summed E-state index contributed by atoms with van der Waals surface area (Å²) in [5.41, 5.74) is 1.38. The number of nitrogens with zero attached hydrogens (tertiary/aromatic N) is 1. The minimum Gasteiger partial charge on any atom is -0.478 e. The van der Waals surface area contributed by atoms with E-state index < -0.39 is 24.0 Å². The molecule has 1 aromatic rings. The first-order valence-corrected chi connectivity index (χ1v) is 5.21. The van der Waals surface area contributed by atoms with Crippen LogP contribution < -0.4 is 4.90 Å². The van der Waals surface area contributed by atoms with Gasteiger partial charge in [-0.3, -0.25) is 14.5 Å². The fourth-order valence-electron chi connectivity index (χ4n) is 1.95. The molecule has 0 aliphatic carbocycles. The number of amides is 1. The van der Waals surface area contributed by atoms with Crippen molar-refractivity contribution >= 4 is 23.3 Å². The van der Waals surface area contributed by atoms with Crippen molar-refractivity contribution < 1.29 is 23.9 Å². The van der Waals surface area contributed by atoms with Crippen LogP contribution in [0.5, 0.6) is 0 Å². The molecule has 1 amide bonds. The molecule has 0 radical (unpaired) electrons. The van der Waals surface area contributed by atoms with E-state index in [0.29, 0.717) is 10.5 Å². The molecule has 1 aliphatic rings. The highest BCUT2D eigenvalue weighted by Gasteiger charge is 2.43. The summed E-state index contributed by atoms with van der Waals surface area (Å²) in [5.74, 6) is -3.82. The number of ketones is 1. The first-order valence-electron chi connectivity index (χ1n) is 5.21. The number of fused-ring (bicyclic) bond motifs is 1. The zero-order chi connectivity index (χ0) is 13.6. The predicted octanol–water partition coefficient (Wildman–Crippen LogP) is 1.21. The Bertz CT molecular complexity index is 582. The van der Waals surface area contributed by atoms with Crippen LogP contribution in [0.3, 0.4) is 0 Å². The third-order valence-electron chi connectivity index (χ3n) is 3.03. The van der Waals surface area contributed by atoms with E-state index in [4.69, 9.17) is 5.11 Å². The molecule has 1 atom stereocenters. The summed E-state index contributed by atoms with van der Waals surface area (Å²) in [7, 11) is 0. The van der Waals surface area contributed by atoms with E-state index in [1.54, 1.807) is 19.9 Å². The van der Waals surface area contributed by atoms with Gasteiger partial charge in [0.25, 0.3) is 12.1 Å². The van der Waals surface area contributed by atoms with E-state index in [-0.39, 0.29) is 11.3 Å². The second-order valence-electron chi connectivity index (χ2n) is 4.08. The molecular formula is C12H10FNO4. The number of carbonyl (C=O) groups is 3. The number of aryl methyl sites for hydroxylation is 1. The van der Waals surface area contributed by atoms with Gasteiger partial charge in [0.05, 0.1) is 11.3 Å². The summed E-state index contributed by atoms with van der Waals surface area (Å²) >= 11 is 0. The number of carboxylic acids is 1. The van der Waals surface area contributed by atoms with Gasteiger partial charge >= 0.3 is 11.9 Å². The van der Waals surface area contributed by atoms with Gasteiger partial charge in [-0.1, -0.05) is 6.07 Å². The number of alkyl halides is 1. The largest absolute Gasteiger partial charge is 0.478 e. The normalized spacial score (nSPS) is 15.8. The Kier molecular flexibility index (Phi) is 2.65. The number of hydrogen-bond acceptors (Lipinski definition) is 3. The minimum atomic E-state index is -2.55. The molecule has 0 saturated carbocycles.